The number of anilines is 1. The lowest BCUT2D eigenvalue weighted by molar-refractivity contribution is -0.134. The summed E-state index contributed by atoms with van der Waals surface area (Å²) in [6.07, 6.45) is 1.49. The van der Waals surface area contributed by atoms with Gasteiger partial charge in [-0.1, -0.05) is 13.8 Å². The third-order valence-corrected chi connectivity index (χ3v) is 5.23. The Morgan fingerprint density at radius 3 is 2.23 bits per heavy atom. The maximum absolute atomic E-state index is 12.7. The SMILES string of the molecule is COc1ccc(NC(=O)C(C(=O)NN=Cc2cc(I)c(OC)c(OC)c2)C(C)C)cc1. The van der Waals surface area contributed by atoms with E-state index in [-0.39, 0.29) is 5.92 Å². The number of carbonyl (C=O) groups is 2. The van der Waals surface area contributed by atoms with Crippen molar-refractivity contribution in [2.75, 3.05) is 26.6 Å². The zero-order valence-corrected chi connectivity index (χ0v) is 20.2. The molecule has 8 nitrogen and oxygen atoms in total. The molecular weight excluding hydrogens is 513 g/mol. The number of hydrogen-bond donors (Lipinski definition) is 2. The molecule has 1 unspecified atom stereocenters. The summed E-state index contributed by atoms with van der Waals surface area (Å²) in [5.74, 6) is -0.183. The summed E-state index contributed by atoms with van der Waals surface area (Å²) in [6.45, 7) is 3.61. The molecule has 2 amide bonds. The van der Waals surface area contributed by atoms with Crippen molar-refractivity contribution in [1.82, 2.24) is 5.43 Å². The van der Waals surface area contributed by atoms with Crippen molar-refractivity contribution in [2.24, 2.45) is 16.9 Å². The van der Waals surface area contributed by atoms with Crippen LogP contribution in [0.3, 0.4) is 0 Å². The van der Waals surface area contributed by atoms with Crippen LogP contribution in [0.25, 0.3) is 0 Å². The lowest BCUT2D eigenvalue weighted by Gasteiger charge is -2.18. The monoisotopic (exact) mass is 539 g/mol. The number of nitrogens with zero attached hydrogens (tertiary/aromatic N) is 1. The molecule has 0 spiro atoms. The Morgan fingerprint density at radius 2 is 1.68 bits per heavy atom. The molecule has 0 fully saturated rings. The van der Waals surface area contributed by atoms with Crippen molar-refractivity contribution in [3.63, 3.8) is 0 Å². The highest BCUT2D eigenvalue weighted by molar-refractivity contribution is 14.1. The maximum atomic E-state index is 12.7. The molecule has 2 N–H and O–H groups in total. The van der Waals surface area contributed by atoms with E-state index in [1.165, 1.54) is 6.21 Å². The first kappa shape index (κ1) is 24.4. The zero-order chi connectivity index (χ0) is 23.0. The van der Waals surface area contributed by atoms with Crippen LogP contribution in [0.4, 0.5) is 5.69 Å². The number of rotatable bonds is 9. The third-order valence-electron chi connectivity index (χ3n) is 4.43. The van der Waals surface area contributed by atoms with Crippen molar-refractivity contribution < 1.29 is 23.8 Å². The fourth-order valence-corrected chi connectivity index (χ4v) is 3.72. The number of hydrogen-bond acceptors (Lipinski definition) is 6. The molecule has 0 radical (unpaired) electrons. The van der Waals surface area contributed by atoms with Crippen molar-refractivity contribution in [3.05, 3.63) is 45.5 Å². The van der Waals surface area contributed by atoms with E-state index in [0.717, 1.165) is 3.57 Å². The van der Waals surface area contributed by atoms with E-state index in [1.54, 1.807) is 65.5 Å². The Labute approximate surface area is 195 Å². The van der Waals surface area contributed by atoms with Gasteiger partial charge in [0, 0.05) is 5.69 Å². The van der Waals surface area contributed by atoms with Crippen LogP contribution in [-0.2, 0) is 9.59 Å². The van der Waals surface area contributed by atoms with E-state index in [0.29, 0.717) is 28.5 Å². The van der Waals surface area contributed by atoms with Gasteiger partial charge in [-0.3, -0.25) is 9.59 Å². The highest BCUT2D eigenvalue weighted by Gasteiger charge is 2.30. The maximum Gasteiger partial charge on any atom is 0.252 e. The predicted octanol–water partition coefficient (Wildman–Crippen LogP) is 3.68. The van der Waals surface area contributed by atoms with Crippen LogP contribution in [0.5, 0.6) is 17.2 Å². The van der Waals surface area contributed by atoms with Gasteiger partial charge in [0.1, 0.15) is 11.7 Å². The second-order valence-electron chi connectivity index (χ2n) is 6.91. The number of halogens is 1. The van der Waals surface area contributed by atoms with E-state index in [9.17, 15) is 9.59 Å². The minimum Gasteiger partial charge on any atom is -0.497 e. The molecule has 0 aliphatic carbocycles. The fourth-order valence-electron chi connectivity index (χ4n) is 2.87. The van der Waals surface area contributed by atoms with Crippen LogP contribution in [-0.4, -0.2) is 39.4 Å². The van der Waals surface area contributed by atoms with Crippen LogP contribution in [0.1, 0.15) is 19.4 Å². The number of nitrogens with one attached hydrogen (secondary N) is 2. The standard InChI is InChI=1S/C22H26IN3O5/c1-13(2)19(21(27)25-15-6-8-16(29-3)9-7-15)22(28)26-24-12-14-10-17(23)20(31-5)18(11-14)30-4/h6-13,19H,1-5H3,(H,25,27)(H,26,28). The first-order chi connectivity index (χ1) is 14.8. The molecule has 9 heteroatoms. The summed E-state index contributed by atoms with van der Waals surface area (Å²) in [7, 11) is 4.68. The quantitative estimate of drug-likeness (QED) is 0.219. The Bertz CT molecular complexity index is 945. The normalized spacial score (nSPS) is 11.8. The molecule has 0 aromatic heterocycles. The molecule has 1 atom stereocenters. The first-order valence-electron chi connectivity index (χ1n) is 9.50. The minimum absolute atomic E-state index is 0.226. The Hall–Kier alpha value is -2.82. The molecule has 31 heavy (non-hydrogen) atoms. The summed E-state index contributed by atoms with van der Waals surface area (Å²) in [4.78, 5) is 25.3. The lowest BCUT2D eigenvalue weighted by atomic mass is 9.94. The van der Waals surface area contributed by atoms with Gasteiger partial charge < -0.3 is 19.5 Å². The van der Waals surface area contributed by atoms with E-state index >= 15 is 0 Å². The fraction of sp³-hybridized carbons (Fsp3) is 0.318. The second kappa shape index (κ2) is 11.5. The van der Waals surface area contributed by atoms with Crippen molar-refractivity contribution in [2.45, 2.75) is 13.8 Å². The molecule has 2 aromatic rings. The third kappa shape index (κ3) is 6.58. The number of hydrazone groups is 1. The highest BCUT2D eigenvalue weighted by Crippen LogP contribution is 2.33. The van der Waals surface area contributed by atoms with Gasteiger partial charge in [-0.2, -0.15) is 5.10 Å². The summed E-state index contributed by atoms with van der Waals surface area (Å²) in [6, 6.07) is 10.5. The van der Waals surface area contributed by atoms with E-state index < -0.39 is 17.7 Å². The van der Waals surface area contributed by atoms with Crippen LogP contribution >= 0.6 is 22.6 Å². The van der Waals surface area contributed by atoms with Gasteiger partial charge >= 0.3 is 0 Å². The van der Waals surface area contributed by atoms with Crippen LogP contribution in [0.15, 0.2) is 41.5 Å². The van der Waals surface area contributed by atoms with E-state index in [1.807, 2.05) is 6.07 Å². The largest absolute Gasteiger partial charge is 0.497 e. The van der Waals surface area contributed by atoms with Gasteiger partial charge in [0.15, 0.2) is 11.5 Å². The number of benzene rings is 2. The van der Waals surface area contributed by atoms with Crippen molar-refractivity contribution in [3.8, 4) is 17.2 Å². The molecule has 166 valence electrons. The molecular formula is C22H26IN3O5. The molecule has 0 heterocycles. The Kier molecular flexibility index (Phi) is 9.10. The van der Waals surface area contributed by atoms with Crippen LogP contribution in [0.2, 0.25) is 0 Å². The summed E-state index contributed by atoms with van der Waals surface area (Å²) >= 11 is 2.13. The molecule has 0 bridgehead atoms. The van der Waals surface area contributed by atoms with Gasteiger partial charge in [0.2, 0.25) is 5.91 Å². The van der Waals surface area contributed by atoms with Crippen molar-refractivity contribution in [1.29, 1.82) is 0 Å². The predicted molar refractivity (Wildman–Crippen MR) is 128 cm³/mol. The van der Waals surface area contributed by atoms with E-state index in [4.69, 9.17) is 14.2 Å². The smallest absolute Gasteiger partial charge is 0.252 e. The molecule has 0 aliphatic heterocycles. The molecule has 0 saturated carbocycles. The average molecular weight is 539 g/mol. The topological polar surface area (TPSA) is 98.2 Å². The van der Waals surface area contributed by atoms with Gasteiger partial charge in [0.25, 0.3) is 5.91 Å². The molecule has 2 rings (SSSR count). The Balaban J connectivity index is 2.08. The second-order valence-corrected chi connectivity index (χ2v) is 8.07. The van der Waals surface area contributed by atoms with Gasteiger partial charge in [-0.05, 0) is 70.5 Å². The van der Waals surface area contributed by atoms with Crippen LogP contribution < -0.4 is 25.0 Å². The molecule has 2 aromatic carbocycles. The molecule has 0 aliphatic rings. The van der Waals surface area contributed by atoms with Crippen LogP contribution in [0, 0.1) is 15.4 Å². The number of methoxy groups -OCH3 is 3. The zero-order valence-electron chi connectivity index (χ0n) is 18.1. The lowest BCUT2D eigenvalue weighted by Crippen LogP contribution is -2.39. The van der Waals surface area contributed by atoms with Gasteiger partial charge in [-0.25, -0.2) is 5.43 Å². The van der Waals surface area contributed by atoms with E-state index in [2.05, 4.69) is 38.4 Å². The summed E-state index contributed by atoms with van der Waals surface area (Å²) in [5, 5.41) is 6.77. The number of carbonyl (C=O) groups excluding carboxylic acids is 2. The molecule has 0 saturated heterocycles. The summed E-state index contributed by atoms with van der Waals surface area (Å²) in [5.41, 5.74) is 3.75. The van der Waals surface area contributed by atoms with Gasteiger partial charge in [-0.15, -0.1) is 0 Å². The first-order valence-corrected chi connectivity index (χ1v) is 10.6. The van der Waals surface area contributed by atoms with Gasteiger partial charge in [0.05, 0.1) is 31.1 Å². The summed E-state index contributed by atoms with van der Waals surface area (Å²) < 4.78 is 16.6. The van der Waals surface area contributed by atoms with Crippen molar-refractivity contribution >= 4 is 46.3 Å². The number of amides is 2. The highest BCUT2D eigenvalue weighted by atomic mass is 127. The average Bonchev–Trinajstić information content (AvgIpc) is 2.73. The Morgan fingerprint density at radius 1 is 1.00 bits per heavy atom. The minimum atomic E-state index is -0.912. The number of ether oxygens (including phenoxy) is 3.